The molecule has 168 valence electrons. The fourth-order valence-electron chi connectivity index (χ4n) is 3.15. The van der Waals surface area contributed by atoms with E-state index >= 15 is 0 Å². The van der Waals surface area contributed by atoms with Crippen molar-refractivity contribution in [1.82, 2.24) is 4.98 Å². The SMILES string of the molecule is CCCCCCCOc1ccccc1/C=N\Nc1nc(-c2ccccc2)c(C(=O)OC)s1. The smallest absolute Gasteiger partial charge is 0.350 e. The van der Waals surface area contributed by atoms with Gasteiger partial charge in [0.25, 0.3) is 0 Å². The highest BCUT2D eigenvalue weighted by Gasteiger charge is 2.19. The van der Waals surface area contributed by atoms with Crippen molar-refractivity contribution in [1.29, 1.82) is 0 Å². The minimum absolute atomic E-state index is 0.420. The Labute approximate surface area is 193 Å². The van der Waals surface area contributed by atoms with Gasteiger partial charge in [0.2, 0.25) is 5.13 Å². The number of rotatable bonds is 12. The van der Waals surface area contributed by atoms with Crippen molar-refractivity contribution in [3.63, 3.8) is 0 Å². The summed E-state index contributed by atoms with van der Waals surface area (Å²) in [5.41, 5.74) is 5.23. The molecule has 0 aliphatic heterocycles. The molecule has 0 saturated carbocycles. The number of nitrogens with zero attached hydrogens (tertiary/aromatic N) is 2. The van der Waals surface area contributed by atoms with Crippen molar-refractivity contribution in [2.75, 3.05) is 19.1 Å². The number of unbranched alkanes of at least 4 members (excludes halogenated alkanes) is 4. The van der Waals surface area contributed by atoms with Crippen molar-refractivity contribution in [3.05, 3.63) is 65.0 Å². The van der Waals surface area contributed by atoms with E-state index in [-0.39, 0.29) is 0 Å². The van der Waals surface area contributed by atoms with Crippen LogP contribution >= 0.6 is 11.3 Å². The Hall–Kier alpha value is -3.19. The van der Waals surface area contributed by atoms with E-state index < -0.39 is 5.97 Å². The van der Waals surface area contributed by atoms with Gasteiger partial charge >= 0.3 is 5.97 Å². The zero-order chi connectivity index (χ0) is 22.6. The Morgan fingerprint density at radius 1 is 1.06 bits per heavy atom. The summed E-state index contributed by atoms with van der Waals surface area (Å²) < 4.78 is 10.9. The summed E-state index contributed by atoms with van der Waals surface area (Å²) in [5, 5.41) is 4.82. The summed E-state index contributed by atoms with van der Waals surface area (Å²) in [6.45, 7) is 2.90. The molecule has 6 nitrogen and oxygen atoms in total. The fraction of sp³-hybridized carbons (Fsp3) is 0.320. The van der Waals surface area contributed by atoms with E-state index in [9.17, 15) is 4.79 Å². The van der Waals surface area contributed by atoms with Crippen LogP contribution in [-0.2, 0) is 4.74 Å². The molecule has 2 aromatic carbocycles. The number of aromatic nitrogens is 1. The summed E-state index contributed by atoms with van der Waals surface area (Å²) in [4.78, 5) is 17.2. The molecule has 1 N–H and O–H groups in total. The molecule has 0 unspecified atom stereocenters. The Morgan fingerprint density at radius 2 is 1.81 bits per heavy atom. The predicted molar refractivity (Wildman–Crippen MR) is 131 cm³/mol. The first kappa shape index (κ1) is 23.5. The highest BCUT2D eigenvalue weighted by atomic mass is 32.1. The molecule has 0 radical (unpaired) electrons. The minimum Gasteiger partial charge on any atom is -0.493 e. The molecule has 1 aromatic heterocycles. The lowest BCUT2D eigenvalue weighted by Gasteiger charge is -2.08. The number of hydrogen-bond donors (Lipinski definition) is 1. The van der Waals surface area contributed by atoms with Crippen LogP contribution in [0.3, 0.4) is 0 Å². The summed E-state index contributed by atoms with van der Waals surface area (Å²) in [7, 11) is 1.36. The van der Waals surface area contributed by atoms with Crippen LogP contribution in [0, 0.1) is 0 Å². The lowest BCUT2D eigenvalue weighted by molar-refractivity contribution is 0.0607. The number of esters is 1. The molecule has 0 atom stereocenters. The van der Waals surface area contributed by atoms with Gasteiger partial charge in [-0.1, -0.05) is 86.4 Å². The van der Waals surface area contributed by atoms with Crippen LogP contribution in [0.4, 0.5) is 5.13 Å². The third-order valence-corrected chi connectivity index (χ3v) is 5.77. The highest BCUT2D eigenvalue weighted by molar-refractivity contribution is 7.17. The van der Waals surface area contributed by atoms with Crippen LogP contribution in [0.1, 0.15) is 54.3 Å². The van der Waals surface area contributed by atoms with Gasteiger partial charge in [-0.3, -0.25) is 5.43 Å². The second kappa shape index (κ2) is 12.6. The Bertz CT molecular complexity index is 1020. The molecule has 0 saturated heterocycles. The monoisotopic (exact) mass is 451 g/mol. The summed E-state index contributed by atoms with van der Waals surface area (Å²) in [6.07, 6.45) is 7.69. The standard InChI is InChI=1S/C25H29N3O3S/c1-3-4-5-6-12-17-31-21-16-11-10-15-20(21)18-26-28-25-27-22(19-13-8-7-9-14-19)23(32-25)24(29)30-2/h7-11,13-16,18H,3-6,12,17H2,1-2H3,(H,27,28)/b26-18-. The Balaban J connectivity index is 1.66. The van der Waals surface area contributed by atoms with Gasteiger partial charge in [-0.2, -0.15) is 5.10 Å². The van der Waals surface area contributed by atoms with Crippen LogP contribution < -0.4 is 10.2 Å². The molecule has 0 spiro atoms. The minimum atomic E-state index is -0.420. The molecular weight excluding hydrogens is 422 g/mol. The Kier molecular flexibility index (Phi) is 9.25. The number of carbonyl (C=O) groups is 1. The number of ether oxygens (including phenoxy) is 2. The van der Waals surface area contributed by atoms with Gasteiger partial charge in [0, 0.05) is 11.1 Å². The maximum atomic E-state index is 12.2. The molecule has 3 aromatic rings. The zero-order valence-corrected chi connectivity index (χ0v) is 19.4. The molecule has 0 amide bonds. The van der Waals surface area contributed by atoms with Crippen molar-refractivity contribution in [3.8, 4) is 17.0 Å². The quantitative estimate of drug-likeness (QED) is 0.149. The number of anilines is 1. The summed E-state index contributed by atoms with van der Waals surface area (Å²) in [6, 6.07) is 17.3. The number of benzene rings is 2. The molecule has 3 rings (SSSR count). The van der Waals surface area contributed by atoms with E-state index in [4.69, 9.17) is 9.47 Å². The van der Waals surface area contributed by atoms with Crippen molar-refractivity contribution in [2.24, 2.45) is 5.10 Å². The molecule has 1 heterocycles. The number of methoxy groups -OCH3 is 1. The van der Waals surface area contributed by atoms with Gasteiger partial charge in [-0.25, -0.2) is 9.78 Å². The third kappa shape index (κ3) is 6.65. The van der Waals surface area contributed by atoms with E-state index in [1.54, 1.807) is 6.21 Å². The first-order valence-corrected chi connectivity index (χ1v) is 11.7. The number of thiazole rings is 1. The lowest BCUT2D eigenvalue weighted by Crippen LogP contribution is -2.00. The van der Waals surface area contributed by atoms with Gasteiger partial charge in [0.1, 0.15) is 10.6 Å². The molecule has 0 aliphatic carbocycles. The average Bonchev–Trinajstić information content (AvgIpc) is 3.26. The van der Waals surface area contributed by atoms with Crippen LogP contribution in [0.5, 0.6) is 5.75 Å². The normalized spacial score (nSPS) is 10.9. The van der Waals surface area contributed by atoms with Gasteiger partial charge in [-0.15, -0.1) is 0 Å². The van der Waals surface area contributed by atoms with Gasteiger partial charge < -0.3 is 9.47 Å². The van der Waals surface area contributed by atoms with E-state index in [1.165, 1.54) is 44.1 Å². The van der Waals surface area contributed by atoms with Crippen LogP contribution in [0.2, 0.25) is 0 Å². The van der Waals surface area contributed by atoms with Crippen molar-refractivity contribution in [2.45, 2.75) is 39.0 Å². The summed E-state index contributed by atoms with van der Waals surface area (Å²) in [5.74, 6) is 0.379. The topological polar surface area (TPSA) is 72.8 Å². The third-order valence-electron chi connectivity index (χ3n) is 4.83. The predicted octanol–water partition coefficient (Wildman–Crippen LogP) is 6.39. The van der Waals surface area contributed by atoms with E-state index in [1.807, 2.05) is 54.6 Å². The van der Waals surface area contributed by atoms with Crippen LogP contribution in [0.15, 0.2) is 59.7 Å². The van der Waals surface area contributed by atoms with Crippen LogP contribution in [-0.4, -0.2) is 30.9 Å². The van der Waals surface area contributed by atoms with Gasteiger partial charge in [-0.05, 0) is 18.6 Å². The molecule has 0 fully saturated rings. The van der Waals surface area contributed by atoms with E-state index in [2.05, 4.69) is 22.4 Å². The second-order valence-corrected chi connectivity index (χ2v) is 8.22. The fourth-order valence-corrected chi connectivity index (χ4v) is 4.01. The first-order chi connectivity index (χ1) is 15.7. The maximum Gasteiger partial charge on any atom is 0.350 e. The zero-order valence-electron chi connectivity index (χ0n) is 18.5. The number of para-hydroxylation sites is 1. The number of hydrazone groups is 1. The highest BCUT2D eigenvalue weighted by Crippen LogP contribution is 2.31. The maximum absolute atomic E-state index is 12.2. The number of nitrogens with one attached hydrogen (secondary N) is 1. The average molecular weight is 452 g/mol. The lowest BCUT2D eigenvalue weighted by atomic mass is 10.1. The first-order valence-electron chi connectivity index (χ1n) is 10.9. The van der Waals surface area contributed by atoms with Gasteiger partial charge in [0.05, 0.1) is 25.6 Å². The Morgan fingerprint density at radius 3 is 2.59 bits per heavy atom. The van der Waals surface area contributed by atoms with Crippen molar-refractivity contribution < 1.29 is 14.3 Å². The summed E-state index contributed by atoms with van der Waals surface area (Å²) >= 11 is 1.21. The molecule has 0 bridgehead atoms. The van der Waals surface area contributed by atoms with Crippen molar-refractivity contribution >= 4 is 28.7 Å². The molecular formula is C25H29N3O3S. The van der Waals surface area contributed by atoms with E-state index in [0.29, 0.717) is 22.3 Å². The largest absolute Gasteiger partial charge is 0.493 e. The van der Waals surface area contributed by atoms with Crippen LogP contribution in [0.25, 0.3) is 11.3 Å². The number of carbonyl (C=O) groups excluding carboxylic acids is 1. The number of hydrogen-bond acceptors (Lipinski definition) is 7. The van der Waals surface area contributed by atoms with E-state index in [0.717, 1.165) is 23.3 Å². The van der Waals surface area contributed by atoms with Gasteiger partial charge in [0.15, 0.2) is 0 Å². The molecule has 7 heteroatoms. The molecule has 0 aliphatic rings. The molecule has 32 heavy (non-hydrogen) atoms. The second-order valence-electron chi connectivity index (χ2n) is 7.22.